The number of carboxylic acids is 1. The highest BCUT2D eigenvalue weighted by molar-refractivity contribution is 7.89. The van der Waals surface area contributed by atoms with E-state index in [1.807, 2.05) is 4.90 Å². The van der Waals surface area contributed by atoms with Crippen LogP contribution in [0, 0.1) is 0 Å². The zero-order chi connectivity index (χ0) is 16.4. The molecule has 0 amide bonds. The predicted octanol–water partition coefficient (Wildman–Crippen LogP) is 0.279. The van der Waals surface area contributed by atoms with Crippen molar-refractivity contribution in [3.8, 4) is 0 Å². The molecule has 0 spiro atoms. The largest absolute Gasteiger partial charge is 0.475 e. The Hall–Kier alpha value is -2.46. The van der Waals surface area contributed by atoms with Crippen LogP contribution in [0.4, 0.5) is 5.82 Å². The van der Waals surface area contributed by atoms with Crippen LogP contribution in [-0.4, -0.2) is 59.9 Å². The molecule has 3 heterocycles. The summed E-state index contributed by atoms with van der Waals surface area (Å²) in [5, 5.41) is 8.45. The van der Waals surface area contributed by atoms with Gasteiger partial charge in [0.15, 0.2) is 0 Å². The predicted molar refractivity (Wildman–Crippen MR) is 78.7 cm³/mol. The first-order chi connectivity index (χ1) is 11.0. The summed E-state index contributed by atoms with van der Waals surface area (Å²) in [6.07, 6.45) is 4.77. The average molecular weight is 338 g/mol. The van der Waals surface area contributed by atoms with Gasteiger partial charge in [-0.25, -0.2) is 18.2 Å². The number of hydrogen-bond acceptors (Lipinski definition) is 7. The Bertz CT molecular complexity index is 797. The molecule has 0 bridgehead atoms. The van der Waals surface area contributed by atoms with E-state index in [1.165, 1.54) is 4.31 Å². The van der Waals surface area contributed by atoms with Gasteiger partial charge in [-0.3, -0.25) is 4.98 Å². The number of sulfonamides is 1. The Morgan fingerprint density at radius 3 is 2.48 bits per heavy atom. The van der Waals surface area contributed by atoms with E-state index in [2.05, 4.69) is 9.97 Å². The average Bonchev–Trinajstić information content (AvgIpc) is 3.07. The fourth-order valence-corrected chi connectivity index (χ4v) is 3.65. The van der Waals surface area contributed by atoms with Crippen molar-refractivity contribution in [2.75, 3.05) is 31.1 Å². The number of furan rings is 1. The van der Waals surface area contributed by atoms with Gasteiger partial charge in [-0.2, -0.15) is 4.31 Å². The number of rotatable bonds is 4. The summed E-state index contributed by atoms with van der Waals surface area (Å²) in [6, 6.07) is 2.29. The van der Waals surface area contributed by atoms with Crippen LogP contribution in [0.3, 0.4) is 0 Å². The molecule has 1 aliphatic heterocycles. The molecule has 0 atom stereocenters. The molecule has 10 heteroatoms. The van der Waals surface area contributed by atoms with E-state index in [1.54, 1.807) is 18.6 Å². The minimum absolute atomic E-state index is 0.252. The van der Waals surface area contributed by atoms with E-state index in [-0.39, 0.29) is 18.2 Å². The maximum Gasteiger partial charge on any atom is 0.371 e. The van der Waals surface area contributed by atoms with Crippen LogP contribution >= 0.6 is 0 Å². The number of carboxylic acid groups (broad SMARTS) is 1. The van der Waals surface area contributed by atoms with E-state index >= 15 is 0 Å². The SMILES string of the molecule is O=C(O)c1ccc(S(=O)(=O)N2CCN(c3cnccn3)CC2)o1. The van der Waals surface area contributed by atoms with E-state index in [0.717, 1.165) is 12.1 Å². The molecular weight excluding hydrogens is 324 g/mol. The number of anilines is 1. The van der Waals surface area contributed by atoms with Crippen LogP contribution in [0.1, 0.15) is 10.6 Å². The highest BCUT2D eigenvalue weighted by Crippen LogP contribution is 2.21. The van der Waals surface area contributed by atoms with Crippen LogP contribution in [-0.2, 0) is 10.0 Å². The second-order valence-corrected chi connectivity index (χ2v) is 6.75. The summed E-state index contributed by atoms with van der Waals surface area (Å²) in [5.74, 6) is -1.02. The molecule has 1 saturated heterocycles. The lowest BCUT2D eigenvalue weighted by Crippen LogP contribution is -2.48. The minimum Gasteiger partial charge on any atom is -0.475 e. The summed E-state index contributed by atoms with van der Waals surface area (Å²) < 4.78 is 31.1. The molecule has 1 fully saturated rings. The zero-order valence-electron chi connectivity index (χ0n) is 12.0. The molecule has 0 aromatic carbocycles. The van der Waals surface area contributed by atoms with Gasteiger partial charge in [0, 0.05) is 38.6 Å². The van der Waals surface area contributed by atoms with Gasteiger partial charge in [0.2, 0.25) is 10.9 Å². The number of piperazine rings is 1. The first-order valence-electron chi connectivity index (χ1n) is 6.83. The van der Waals surface area contributed by atoms with Gasteiger partial charge in [-0.1, -0.05) is 0 Å². The van der Waals surface area contributed by atoms with Crippen molar-refractivity contribution in [3.63, 3.8) is 0 Å². The molecule has 3 rings (SSSR count). The molecule has 1 aliphatic rings. The Balaban J connectivity index is 1.72. The minimum atomic E-state index is -3.84. The van der Waals surface area contributed by atoms with Crippen LogP contribution in [0.5, 0.6) is 0 Å². The van der Waals surface area contributed by atoms with Crippen LogP contribution in [0.2, 0.25) is 0 Å². The topological polar surface area (TPSA) is 117 Å². The second-order valence-electron chi connectivity index (χ2n) is 4.88. The third-order valence-electron chi connectivity index (χ3n) is 3.50. The second kappa shape index (κ2) is 5.97. The monoisotopic (exact) mass is 338 g/mol. The molecular formula is C13H14N4O5S. The Kier molecular flexibility index (Phi) is 4.01. The van der Waals surface area contributed by atoms with Crippen molar-refractivity contribution >= 4 is 21.8 Å². The highest BCUT2D eigenvalue weighted by Gasteiger charge is 2.31. The van der Waals surface area contributed by atoms with Crippen molar-refractivity contribution < 1.29 is 22.7 Å². The zero-order valence-corrected chi connectivity index (χ0v) is 12.8. The normalized spacial score (nSPS) is 16.4. The third-order valence-corrected chi connectivity index (χ3v) is 5.27. The standard InChI is InChI=1S/C13H14N4O5S/c18-13(19)10-1-2-12(22-10)23(20,21)17-7-5-16(6-8-17)11-9-14-3-4-15-11/h1-4,9H,5-8H2,(H,18,19). The van der Waals surface area contributed by atoms with E-state index in [0.29, 0.717) is 18.9 Å². The van der Waals surface area contributed by atoms with Crippen LogP contribution < -0.4 is 4.90 Å². The number of hydrogen-bond donors (Lipinski definition) is 1. The lowest BCUT2D eigenvalue weighted by molar-refractivity contribution is 0.0656. The molecule has 0 saturated carbocycles. The Morgan fingerprint density at radius 2 is 1.91 bits per heavy atom. The lowest BCUT2D eigenvalue weighted by atomic mass is 10.3. The van der Waals surface area contributed by atoms with Gasteiger partial charge in [-0.15, -0.1) is 0 Å². The molecule has 9 nitrogen and oxygen atoms in total. The fourth-order valence-electron chi connectivity index (χ4n) is 2.31. The summed E-state index contributed by atoms with van der Waals surface area (Å²) >= 11 is 0. The number of carbonyl (C=O) groups is 1. The van der Waals surface area contributed by atoms with Crippen LogP contribution in [0.25, 0.3) is 0 Å². The third kappa shape index (κ3) is 3.03. The maximum atomic E-state index is 12.5. The molecule has 1 N–H and O–H groups in total. The molecule has 23 heavy (non-hydrogen) atoms. The van der Waals surface area contributed by atoms with Crippen molar-refractivity contribution in [1.82, 2.24) is 14.3 Å². The van der Waals surface area contributed by atoms with E-state index < -0.39 is 21.8 Å². The van der Waals surface area contributed by atoms with Crippen molar-refractivity contribution in [3.05, 3.63) is 36.5 Å². The van der Waals surface area contributed by atoms with Gasteiger partial charge in [-0.05, 0) is 12.1 Å². The van der Waals surface area contributed by atoms with Crippen molar-refractivity contribution in [1.29, 1.82) is 0 Å². The summed E-state index contributed by atoms with van der Waals surface area (Å²) in [5.41, 5.74) is 0. The van der Waals surface area contributed by atoms with Gasteiger partial charge in [0.25, 0.3) is 10.0 Å². The van der Waals surface area contributed by atoms with Crippen molar-refractivity contribution in [2.24, 2.45) is 0 Å². The number of aromatic nitrogens is 2. The summed E-state index contributed by atoms with van der Waals surface area (Å²) in [6.45, 7) is 1.43. The van der Waals surface area contributed by atoms with E-state index in [9.17, 15) is 13.2 Å². The van der Waals surface area contributed by atoms with Crippen LogP contribution in [0.15, 0.2) is 40.2 Å². The molecule has 0 unspecified atom stereocenters. The maximum absolute atomic E-state index is 12.5. The van der Waals surface area contributed by atoms with Gasteiger partial charge in [0.1, 0.15) is 5.82 Å². The first-order valence-corrected chi connectivity index (χ1v) is 8.27. The van der Waals surface area contributed by atoms with E-state index in [4.69, 9.17) is 9.52 Å². The van der Waals surface area contributed by atoms with Gasteiger partial charge < -0.3 is 14.4 Å². The summed E-state index contributed by atoms with van der Waals surface area (Å²) in [4.78, 5) is 20.9. The fraction of sp³-hybridized carbons (Fsp3) is 0.308. The molecule has 2 aromatic rings. The number of nitrogens with zero attached hydrogens (tertiary/aromatic N) is 4. The molecule has 2 aromatic heterocycles. The number of aromatic carboxylic acids is 1. The molecule has 0 aliphatic carbocycles. The highest BCUT2D eigenvalue weighted by atomic mass is 32.2. The lowest BCUT2D eigenvalue weighted by Gasteiger charge is -2.33. The van der Waals surface area contributed by atoms with Crippen molar-refractivity contribution in [2.45, 2.75) is 5.09 Å². The summed E-state index contributed by atoms with van der Waals surface area (Å²) in [7, 11) is -3.84. The van der Waals surface area contributed by atoms with Gasteiger partial charge in [0.05, 0.1) is 6.20 Å². The smallest absolute Gasteiger partial charge is 0.371 e. The Labute approximate surface area is 132 Å². The first kappa shape index (κ1) is 15.4. The Morgan fingerprint density at radius 1 is 1.17 bits per heavy atom. The van der Waals surface area contributed by atoms with Gasteiger partial charge >= 0.3 is 5.97 Å². The molecule has 0 radical (unpaired) electrons. The molecule has 122 valence electrons. The quantitative estimate of drug-likeness (QED) is 0.845.